The van der Waals surface area contributed by atoms with E-state index in [1.165, 1.54) is 18.4 Å². The lowest BCUT2D eigenvalue weighted by Gasteiger charge is -2.31. The maximum atomic E-state index is 4.28. The van der Waals surface area contributed by atoms with Gasteiger partial charge < -0.3 is 0 Å². The Labute approximate surface area is 131 Å². The van der Waals surface area contributed by atoms with Crippen LogP contribution in [0.5, 0.6) is 0 Å². The van der Waals surface area contributed by atoms with Crippen LogP contribution in [-0.2, 0) is 20.1 Å². The number of aromatic nitrogens is 6. The minimum atomic E-state index is 0.640. The molecule has 1 saturated heterocycles. The highest BCUT2D eigenvalue weighted by molar-refractivity contribution is 5.12. The first-order chi connectivity index (χ1) is 10.8. The highest BCUT2D eigenvalue weighted by Crippen LogP contribution is 2.27. The Morgan fingerprint density at radius 2 is 2.09 bits per heavy atom. The molecule has 3 heterocycles. The van der Waals surface area contributed by atoms with Crippen molar-refractivity contribution in [2.75, 3.05) is 13.1 Å². The van der Waals surface area contributed by atoms with Gasteiger partial charge in [0.15, 0.2) is 5.82 Å². The van der Waals surface area contributed by atoms with Crippen LogP contribution in [0, 0.1) is 0 Å². The fraction of sp³-hybridized carbons (Fsp3) is 0.733. The molecule has 0 amide bonds. The Morgan fingerprint density at radius 3 is 2.77 bits per heavy atom. The number of unbranched alkanes of at least 4 members (excludes halogenated alkanes) is 1. The molecule has 7 heteroatoms. The molecule has 0 unspecified atom stereocenters. The lowest BCUT2D eigenvalue weighted by molar-refractivity contribution is 0.196. The van der Waals surface area contributed by atoms with E-state index < -0.39 is 0 Å². The molecule has 0 radical (unpaired) electrons. The molecule has 3 rings (SSSR count). The molecule has 1 aliphatic heterocycles. The van der Waals surface area contributed by atoms with Gasteiger partial charge in [0.2, 0.25) is 0 Å². The molecule has 2 aromatic rings. The molecule has 0 aliphatic carbocycles. The standard InChI is InChI=1S/C15H25N7/c1-3-4-7-22-15(17-18-19-22)12-21-8-5-13(6-9-21)14-10-16-20(2)11-14/h10-11,13H,3-9,12H2,1-2H3. The average Bonchev–Trinajstić information content (AvgIpc) is 3.15. The third-order valence-electron chi connectivity index (χ3n) is 4.48. The first-order valence-electron chi connectivity index (χ1n) is 8.22. The van der Waals surface area contributed by atoms with E-state index in [0.29, 0.717) is 5.92 Å². The molecule has 0 spiro atoms. The van der Waals surface area contributed by atoms with Crippen LogP contribution >= 0.6 is 0 Å². The molecule has 0 atom stereocenters. The zero-order valence-electron chi connectivity index (χ0n) is 13.5. The van der Waals surface area contributed by atoms with Gasteiger partial charge in [0.1, 0.15) is 0 Å². The summed E-state index contributed by atoms with van der Waals surface area (Å²) < 4.78 is 3.85. The number of piperidine rings is 1. The third-order valence-corrected chi connectivity index (χ3v) is 4.48. The predicted octanol–water partition coefficient (Wildman–Crippen LogP) is 1.59. The van der Waals surface area contributed by atoms with E-state index >= 15 is 0 Å². The maximum absolute atomic E-state index is 4.28. The highest BCUT2D eigenvalue weighted by Gasteiger charge is 2.22. The number of tetrazole rings is 1. The summed E-state index contributed by atoms with van der Waals surface area (Å²) in [6.45, 7) is 6.16. The minimum Gasteiger partial charge on any atom is -0.296 e. The van der Waals surface area contributed by atoms with Crippen LogP contribution in [0.3, 0.4) is 0 Å². The Hall–Kier alpha value is -1.76. The quantitative estimate of drug-likeness (QED) is 0.811. The SMILES string of the molecule is CCCCn1nnnc1CN1CCC(c2cnn(C)c2)CC1. The Balaban J connectivity index is 1.53. The van der Waals surface area contributed by atoms with Crippen LogP contribution in [0.1, 0.15) is 49.9 Å². The van der Waals surface area contributed by atoms with Crippen LogP contribution in [0.2, 0.25) is 0 Å². The van der Waals surface area contributed by atoms with Crippen molar-refractivity contribution < 1.29 is 0 Å². The zero-order chi connectivity index (χ0) is 15.4. The van der Waals surface area contributed by atoms with Gasteiger partial charge in [0, 0.05) is 19.8 Å². The van der Waals surface area contributed by atoms with E-state index in [1.54, 1.807) is 0 Å². The van der Waals surface area contributed by atoms with Gasteiger partial charge in [-0.3, -0.25) is 9.58 Å². The van der Waals surface area contributed by atoms with Crippen molar-refractivity contribution in [2.45, 2.75) is 51.6 Å². The summed E-state index contributed by atoms with van der Waals surface area (Å²) in [5, 5.41) is 16.4. The Bertz CT molecular complexity index is 580. The molecule has 0 saturated carbocycles. The van der Waals surface area contributed by atoms with Crippen molar-refractivity contribution in [1.82, 2.24) is 34.9 Å². The molecular formula is C15H25N7. The van der Waals surface area contributed by atoms with Gasteiger partial charge in [0.05, 0.1) is 12.7 Å². The highest BCUT2D eigenvalue weighted by atomic mass is 15.5. The van der Waals surface area contributed by atoms with E-state index in [1.807, 2.05) is 22.6 Å². The molecule has 22 heavy (non-hydrogen) atoms. The second-order valence-electron chi connectivity index (χ2n) is 6.17. The zero-order valence-corrected chi connectivity index (χ0v) is 13.5. The largest absolute Gasteiger partial charge is 0.296 e. The summed E-state index contributed by atoms with van der Waals surface area (Å²) in [7, 11) is 1.98. The van der Waals surface area contributed by atoms with Crippen LogP contribution in [0.15, 0.2) is 12.4 Å². The monoisotopic (exact) mass is 303 g/mol. The Morgan fingerprint density at radius 1 is 1.27 bits per heavy atom. The molecule has 0 bridgehead atoms. The summed E-state index contributed by atoms with van der Waals surface area (Å²) >= 11 is 0. The lowest BCUT2D eigenvalue weighted by atomic mass is 9.91. The van der Waals surface area contributed by atoms with Crippen molar-refractivity contribution in [3.63, 3.8) is 0 Å². The molecule has 0 N–H and O–H groups in total. The van der Waals surface area contributed by atoms with Crippen molar-refractivity contribution >= 4 is 0 Å². The normalized spacial score (nSPS) is 17.2. The van der Waals surface area contributed by atoms with Crippen molar-refractivity contribution in [3.05, 3.63) is 23.8 Å². The summed E-state index contributed by atoms with van der Waals surface area (Å²) in [5.74, 6) is 1.63. The number of aryl methyl sites for hydroxylation is 2. The predicted molar refractivity (Wildman–Crippen MR) is 83.2 cm³/mol. The van der Waals surface area contributed by atoms with Crippen LogP contribution < -0.4 is 0 Å². The van der Waals surface area contributed by atoms with Gasteiger partial charge in [0.25, 0.3) is 0 Å². The van der Waals surface area contributed by atoms with Crippen molar-refractivity contribution in [2.24, 2.45) is 7.05 Å². The molecule has 120 valence electrons. The van der Waals surface area contributed by atoms with Crippen molar-refractivity contribution in [3.8, 4) is 0 Å². The van der Waals surface area contributed by atoms with E-state index in [9.17, 15) is 0 Å². The number of likely N-dealkylation sites (tertiary alicyclic amines) is 1. The molecule has 2 aromatic heterocycles. The Kier molecular flexibility index (Phi) is 4.82. The number of hydrogen-bond donors (Lipinski definition) is 0. The summed E-state index contributed by atoms with van der Waals surface area (Å²) in [5.41, 5.74) is 1.37. The first-order valence-corrected chi connectivity index (χ1v) is 8.22. The van der Waals surface area contributed by atoms with Gasteiger partial charge >= 0.3 is 0 Å². The maximum Gasteiger partial charge on any atom is 0.165 e. The number of nitrogens with zero attached hydrogens (tertiary/aromatic N) is 7. The lowest BCUT2D eigenvalue weighted by Crippen LogP contribution is -2.33. The first kappa shape index (κ1) is 15.1. The molecular weight excluding hydrogens is 278 g/mol. The topological polar surface area (TPSA) is 64.7 Å². The molecule has 1 fully saturated rings. The van der Waals surface area contributed by atoms with Gasteiger partial charge in [-0.05, 0) is 54.3 Å². The molecule has 0 aromatic carbocycles. The van der Waals surface area contributed by atoms with Crippen LogP contribution in [0.25, 0.3) is 0 Å². The van der Waals surface area contributed by atoms with Gasteiger partial charge in [-0.2, -0.15) is 5.10 Å². The molecule has 1 aliphatic rings. The average molecular weight is 303 g/mol. The van der Waals surface area contributed by atoms with Crippen molar-refractivity contribution in [1.29, 1.82) is 0 Å². The van der Waals surface area contributed by atoms with E-state index in [-0.39, 0.29) is 0 Å². The van der Waals surface area contributed by atoms with E-state index in [4.69, 9.17) is 0 Å². The smallest absolute Gasteiger partial charge is 0.165 e. The van der Waals surface area contributed by atoms with E-state index in [0.717, 1.165) is 44.8 Å². The summed E-state index contributed by atoms with van der Waals surface area (Å²) in [6.07, 6.45) is 8.80. The van der Waals surface area contributed by atoms with Crippen LogP contribution in [-0.4, -0.2) is 48.0 Å². The summed E-state index contributed by atoms with van der Waals surface area (Å²) in [4.78, 5) is 2.46. The van der Waals surface area contributed by atoms with Crippen LogP contribution in [0.4, 0.5) is 0 Å². The third kappa shape index (κ3) is 3.52. The fourth-order valence-corrected chi connectivity index (χ4v) is 3.09. The second-order valence-corrected chi connectivity index (χ2v) is 6.17. The van der Waals surface area contributed by atoms with Gasteiger partial charge in [-0.15, -0.1) is 5.10 Å². The van der Waals surface area contributed by atoms with Gasteiger partial charge in [-0.25, -0.2) is 4.68 Å². The molecule has 7 nitrogen and oxygen atoms in total. The van der Waals surface area contributed by atoms with E-state index in [2.05, 4.69) is 38.6 Å². The number of hydrogen-bond acceptors (Lipinski definition) is 5. The fourth-order valence-electron chi connectivity index (χ4n) is 3.09. The number of rotatable bonds is 6. The van der Waals surface area contributed by atoms with Gasteiger partial charge in [-0.1, -0.05) is 13.3 Å². The second kappa shape index (κ2) is 7.00. The minimum absolute atomic E-state index is 0.640. The summed E-state index contributed by atoms with van der Waals surface area (Å²) in [6, 6.07) is 0.